The fraction of sp³-hybridized carbons (Fsp3) is 0.304. The van der Waals surface area contributed by atoms with Gasteiger partial charge in [-0.05, 0) is 30.3 Å². The van der Waals surface area contributed by atoms with E-state index in [4.69, 9.17) is 9.84 Å². The smallest absolute Gasteiger partial charge is 0.254 e. The zero-order chi connectivity index (χ0) is 21.8. The first-order valence-electron chi connectivity index (χ1n) is 10.7. The highest BCUT2D eigenvalue weighted by Crippen LogP contribution is 2.20. The zero-order valence-electron chi connectivity index (χ0n) is 17.7. The second-order valence-electron chi connectivity index (χ2n) is 7.76. The molecule has 0 aliphatic carbocycles. The Hall–Kier alpha value is -3.56. The number of anilines is 1. The van der Waals surface area contributed by atoms with Crippen LogP contribution in [0, 0.1) is 0 Å². The Balaban J connectivity index is 1.19. The second kappa shape index (κ2) is 9.29. The number of hydrogen-bond donors (Lipinski definition) is 1. The number of nitrogens with zero attached hydrogens (tertiary/aromatic N) is 7. The van der Waals surface area contributed by atoms with Gasteiger partial charge in [0, 0.05) is 56.9 Å². The summed E-state index contributed by atoms with van der Waals surface area (Å²) >= 11 is 0. The summed E-state index contributed by atoms with van der Waals surface area (Å²) in [5.74, 6) is 2.02. The van der Waals surface area contributed by atoms with E-state index < -0.39 is 6.10 Å². The van der Waals surface area contributed by atoms with Gasteiger partial charge in [0.15, 0.2) is 0 Å². The van der Waals surface area contributed by atoms with E-state index >= 15 is 0 Å². The fourth-order valence-corrected chi connectivity index (χ4v) is 3.85. The molecule has 1 unspecified atom stereocenters. The number of aliphatic hydroxyl groups excluding tert-OH is 1. The lowest BCUT2D eigenvalue weighted by Crippen LogP contribution is -2.49. The molecule has 1 fully saturated rings. The van der Waals surface area contributed by atoms with E-state index in [1.807, 2.05) is 48.5 Å². The van der Waals surface area contributed by atoms with Crippen molar-refractivity contribution in [1.29, 1.82) is 0 Å². The van der Waals surface area contributed by atoms with E-state index in [9.17, 15) is 5.11 Å². The Morgan fingerprint density at radius 3 is 2.50 bits per heavy atom. The van der Waals surface area contributed by atoms with Crippen molar-refractivity contribution < 1.29 is 9.84 Å². The van der Waals surface area contributed by atoms with E-state index in [0.29, 0.717) is 18.3 Å². The number of aromatic nitrogens is 5. The molecule has 9 nitrogen and oxygen atoms in total. The van der Waals surface area contributed by atoms with Gasteiger partial charge in [-0.25, -0.2) is 4.98 Å². The van der Waals surface area contributed by atoms with Crippen molar-refractivity contribution in [1.82, 2.24) is 29.5 Å². The highest BCUT2D eigenvalue weighted by atomic mass is 16.5. The summed E-state index contributed by atoms with van der Waals surface area (Å²) in [5.41, 5.74) is 1.94. The number of benzene rings is 1. The summed E-state index contributed by atoms with van der Waals surface area (Å²) in [7, 11) is 0. The molecule has 1 saturated heterocycles. The van der Waals surface area contributed by atoms with Gasteiger partial charge in [-0.15, -0.1) is 5.10 Å². The normalized spacial score (nSPS) is 15.7. The van der Waals surface area contributed by atoms with Crippen LogP contribution in [0.5, 0.6) is 5.75 Å². The van der Waals surface area contributed by atoms with Crippen LogP contribution in [0.1, 0.15) is 0 Å². The van der Waals surface area contributed by atoms with Crippen molar-refractivity contribution in [2.45, 2.75) is 6.10 Å². The summed E-state index contributed by atoms with van der Waals surface area (Å²) in [4.78, 5) is 17.5. The molecule has 0 amide bonds. The molecule has 0 saturated carbocycles. The monoisotopic (exact) mass is 431 g/mol. The molecule has 1 aliphatic rings. The first-order chi connectivity index (χ1) is 15.8. The van der Waals surface area contributed by atoms with Crippen molar-refractivity contribution in [3.05, 3.63) is 67.1 Å². The van der Waals surface area contributed by atoms with Gasteiger partial charge in [0.2, 0.25) is 5.95 Å². The van der Waals surface area contributed by atoms with Gasteiger partial charge in [0.1, 0.15) is 18.5 Å². The maximum Gasteiger partial charge on any atom is 0.254 e. The van der Waals surface area contributed by atoms with Crippen LogP contribution >= 0.6 is 0 Å². The van der Waals surface area contributed by atoms with E-state index in [1.54, 1.807) is 23.1 Å². The van der Waals surface area contributed by atoms with Gasteiger partial charge in [0.05, 0.1) is 5.69 Å². The molecule has 1 aliphatic heterocycles. The summed E-state index contributed by atoms with van der Waals surface area (Å²) in [6.07, 6.45) is 4.73. The van der Waals surface area contributed by atoms with Crippen molar-refractivity contribution in [2.75, 3.05) is 44.2 Å². The first-order valence-corrected chi connectivity index (χ1v) is 10.7. The Kier molecular flexibility index (Phi) is 5.91. The quantitative estimate of drug-likeness (QED) is 0.473. The van der Waals surface area contributed by atoms with E-state index in [0.717, 1.165) is 43.2 Å². The molecule has 4 heterocycles. The number of β-amino-alcohol motifs (C(OH)–C–C–N with tert-alkyl or cyclic N) is 1. The van der Waals surface area contributed by atoms with Crippen LogP contribution < -0.4 is 9.64 Å². The Morgan fingerprint density at radius 2 is 1.72 bits per heavy atom. The molecule has 1 aromatic carbocycles. The van der Waals surface area contributed by atoms with Crippen LogP contribution in [0.25, 0.3) is 17.0 Å². The van der Waals surface area contributed by atoms with Crippen LogP contribution in [-0.4, -0.2) is 80.0 Å². The Bertz CT molecular complexity index is 1140. The lowest BCUT2D eigenvalue weighted by Gasteiger charge is -2.34. The summed E-state index contributed by atoms with van der Waals surface area (Å²) < 4.78 is 7.44. The van der Waals surface area contributed by atoms with Crippen LogP contribution in [0.15, 0.2) is 67.1 Å². The van der Waals surface area contributed by atoms with E-state index in [2.05, 4.69) is 24.8 Å². The van der Waals surface area contributed by atoms with E-state index in [-0.39, 0.29) is 6.61 Å². The summed E-state index contributed by atoms with van der Waals surface area (Å²) in [5, 5.41) is 15.1. The highest BCUT2D eigenvalue weighted by molar-refractivity contribution is 5.61. The maximum absolute atomic E-state index is 10.4. The van der Waals surface area contributed by atoms with Crippen molar-refractivity contribution >= 4 is 11.7 Å². The molecule has 0 bridgehead atoms. The molecule has 4 aromatic rings. The van der Waals surface area contributed by atoms with Gasteiger partial charge in [-0.3, -0.25) is 9.88 Å². The van der Waals surface area contributed by atoms with Crippen LogP contribution in [-0.2, 0) is 0 Å². The fourth-order valence-electron chi connectivity index (χ4n) is 3.85. The van der Waals surface area contributed by atoms with E-state index in [1.165, 1.54) is 0 Å². The predicted octanol–water partition coefficient (Wildman–Crippen LogP) is 1.75. The average molecular weight is 432 g/mol. The molecule has 1 N–H and O–H groups in total. The third-order valence-corrected chi connectivity index (χ3v) is 5.52. The number of piperazine rings is 1. The Labute approximate surface area is 185 Å². The van der Waals surface area contributed by atoms with Crippen LogP contribution in [0.2, 0.25) is 0 Å². The van der Waals surface area contributed by atoms with Gasteiger partial charge < -0.3 is 14.7 Å². The number of hydrogen-bond acceptors (Lipinski definition) is 8. The maximum atomic E-state index is 10.4. The number of para-hydroxylation sites is 1. The summed E-state index contributed by atoms with van der Waals surface area (Å²) in [6, 6.07) is 15.4. The molecular formula is C23H25N7O2. The van der Waals surface area contributed by atoms with Crippen molar-refractivity contribution in [3.8, 4) is 17.0 Å². The molecule has 32 heavy (non-hydrogen) atoms. The molecule has 3 aromatic heterocycles. The number of rotatable bonds is 7. The van der Waals surface area contributed by atoms with Gasteiger partial charge in [-0.1, -0.05) is 18.2 Å². The molecule has 1 atom stereocenters. The third-order valence-electron chi connectivity index (χ3n) is 5.52. The third kappa shape index (κ3) is 4.53. The lowest BCUT2D eigenvalue weighted by atomic mass is 10.2. The van der Waals surface area contributed by atoms with Crippen LogP contribution in [0.4, 0.5) is 5.95 Å². The van der Waals surface area contributed by atoms with Gasteiger partial charge in [0.25, 0.3) is 5.78 Å². The number of fused-ring (bicyclic) bond motifs is 1. The molecule has 164 valence electrons. The second-order valence-corrected chi connectivity index (χ2v) is 7.76. The molecule has 5 rings (SSSR count). The Morgan fingerprint density at radius 1 is 0.938 bits per heavy atom. The van der Waals surface area contributed by atoms with Gasteiger partial charge in [-0.2, -0.15) is 9.50 Å². The lowest BCUT2D eigenvalue weighted by molar-refractivity contribution is 0.0662. The molecular weight excluding hydrogens is 406 g/mol. The van der Waals surface area contributed by atoms with Crippen molar-refractivity contribution in [3.63, 3.8) is 0 Å². The minimum atomic E-state index is -0.540. The largest absolute Gasteiger partial charge is 0.491 e. The molecule has 9 heteroatoms. The molecule has 0 spiro atoms. The number of ether oxygens (including phenoxy) is 1. The minimum Gasteiger partial charge on any atom is -0.491 e. The standard InChI is InChI=1S/C23H25N7O2/c31-19(17-32-20-4-2-1-3-5-20)16-28-12-14-29(15-13-28)23-26-22-25-11-8-21(30(22)27-23)18-6-9-24-10-7-18/h1-11,19,31H,12-17H2. The number of pyridine rings is 1. The summed E-state index contributed by atoms with van der Waals surface area (Å²) in [6.45, 7) is 4.07. The highest BCUT2D eigenvalue weighted by Gasteiger charge is 2.23. The predicted molar refractivity (Wildman–Crippen MR) is 121 cm³/mol. The topological polar surface area (TPSA) is 91.9 Å². The van der Waals surface area contributed by atoms with Crippen LogP contribution in [0.3, 0.4) is 0 Å². The van der Waals surface area contributed by atoms with Gasteiger partial charge >= 0.3 is 0 Å². The average Bonchev–Trinajstić information content (AvgIpc) is 3.29. The number of aliphatic hydroxyl groups is 1. The minimum absolute atomic E-state index is 0.279. The molecule has 0 radical (unpaired) electrons. The zero-order valence-corrected chi connectivity index (χ0v) is 17.7. The first kappa shape index (κ1) is 20.3. The SMILES string of the molecule is OC(COc1ccccc1)CN1CCN(c2nc3nccc(-c4ccncc4)n3n2)CC1. The van der Waals surface area contributed by atoms with Crippen molar-refractivity contribution in [2.24, 2.45) is 0 Å².